The van der Waals surface area contributed by atoms with E-state index in [-0.39, 0.29) is 35.7 Å². The van der Waals surface area contributed by atoms with E-state index in [2.05, 4.69) is 24.6 Å². The molecule has 3 aliphatic heterocycles. The Labute approximate surface area is 456 Å². The molecule has 3 N–H and O–H groups in total. The second-order valence-electron chi connectivity index (χ2n) is 19.8. The number of carboxylic acids is 2. The fraction of sp³-hybridized carbons (Fsp3) is 0.357. The number of hydrogen-bond acceptors (Lipinski definition) is 11. The standard InChI is InChI=1S/C56H61ClF3N6O8PS2/c1-37(2)66-38(3)51(55(69)70)52(53(66)39-12-14-42(57)15-13-39)41-8-7-9-46(34-41)64-30-28-63(29-31-64)44-16-18-45(19-17-44)65-32-33-74-75(65,71)47-20-21-49(50(35-47)77(72,73)56(58,59)60)61-43(36-76-48-10-5-4-6-11-48)24-27-62-25-22-40(23-26-62)54(67)68/h4-21,34-35,37,40,43,61H,22-33,36H2,1-3H3,(H,67,68)(H,69,70)/t43-,75-/m1/s1. The molecule has 408 valence electrons. The molecule has 0 spiro atoms. The summed E-state index contributed by atoms with van der Waals surface area (Å²) in [5.74, 6) is -1.91. The summed E-state index contributed by atoms with van der Waals surface area (Å²) in [4.78, 5) is 30.9. The van der Waals surface area contributed by atoms with Crippen molar-refractivity contribution in [3.8, 4) is 22.4 Å². The number of carbonyl (C=O) groups is 2. The maximum absolute atomic E-state index is 15.0. The van der Waals surface area contributed by atoms with Crippen LogP contribution in [0.2, 0.25) is 5.02 Å². The van der Waals surface area contributed by atoms with Crippen LogP contribution in [0, 0.1) is 12.8 Å². The number of nitrogens with one attached hydrogen (secondary N) is 1. The van der Waals surface area contributed by atoms with E-state index in [1.165, 1.54) is 28.6 Å². The number of thioether (sulfide) groups is 1. The minimum absolute atomic E-state index is 0.0186. The number of likely N-dealkylation sites (tertiary alicyclic amines) is 1. The van der Waals surface area contributed by atoms with Crippen molar-refractivity contribution in [1.29, 1.82) is 0 Å². The second kappa shape index (κ2) is 23.2. The highest BCUT2D eigenvalue weighted by molar-refractivity contribution is 7.99. The molecule has 0 saturated carbocycles. The first-order chi connectivity index (χ1) is 36.7. The molecule has 0 unspecified atom stereocenters. The van der Waals surface area contributed by atoms with Gasteiger partial charge in [-0.25, -0.2) is 13.2 Å². The number of benzene rings is 5. The van der Waals surface area contributed by atoms with Crippen molar-refractivity contribution < 1.29 is 50.5 Å². The zero-order valence-corrected chi connectivity index (χ0v) is 46.1. The first-order valence-electron chi connectivity index (χ1n) is 25.6. The number of alkyl halides is 3. The predicted octanol–water partition coefficient (Wildman–Crippen LogP) is 11.8. The van der Waals surface area contributed by atoms with Crippen LogP contribution in [-0.2, 0) is 23.7 Å². The summed E-state index contributed by atoms with van der Waals surface area (Å²) in [6.45, 7) is 10.2. The number of sulfone groups is 1. The zero-order valence-electron chi connectivity index (χ0n) is 42.8. The molecule has 0 aliphatic carbocycles. The fourth-order valence-corrected chi connectivity index (χ4v) is 15.1. The summed E-state index contributed by atoms with van der Waals surface area (Å²) in [7, 11) is -10.1. The molecule has 3 saturated heterocycles. The molecule has 6 aromatic rings. The Morgan fingerprint density at radius 1 is 0.805 bits per heavy atom. The van der Waals surface area contributed by atoms with E-state index in [0.717, 1.165) is 39.2 Å². The first-order valence-corrected chi connectivity index (χ1v) is 30.0. The Balaban J connectivity index is 0.920. The van der Waals surface area contributed by atoms with Crippen molar-refractivity contribution in [3.05, 3.63) is 138 Å². The predicted molar refractivity (Wildman–Crippen MR) is 299 cm³/mol. The van der Waals surface area contributed by atoms with E-state index in [0.29, 0.717) is 92.8 Å². The molecule has 21 heteroatoms. The summed E-state index contributed by atoms with van der Waals surface area (Å²) in [5.41, 5.74) is 0.340. The zero-order chi connectivity index (χ0) is 54.8. The molecule has 3 aliphatic rings. The van der Waals surface area contributed by atoms with Crippen LogP contribution >= 0.6 is 30.9 Å². The molecular formula is C56H61ClF3N6O8PS2. The summed E-state index contributed by atoms with van der Waals surface area (Å²) >= 11 is 7.74. The number of hydrogen-bond donors (Lipinski definition) is 3. The highest BCUT2D eigenvalue weighted by Crippen LogP contribution is 2.56. The Kier molecular flexibility index (Phi) is 16.8. The van der Waals surface area contributed by atoms with Gasteiger partial charge in [0.2, 0.25) is 0 Å². The average molecular weight is 1130 g/mol. The maximum atomic E-state index is 15.0. The van der Waals surface area contributed by atoms with Crippen molar-refractivity contribution in [2.75, 3.05) is 84.5 Å². The van der Waals surface area contributed by atoms with E-state index < -0.39 is 51.7 Å². The largest absolute Gasteiger partial charge is 0.501 e. The lowest BCUT2D eigenvalue weighted by molar-refractivity contribution is -0.143. The molecule has 1 aromatic heterocycles. The van der Waals surface area contributed by atoms with Crippen LogP contribution in [0.25, 0.3) is 22.4 Å². The Morgan fingerprint density at radius 2 is 1.45 bits per heavy atom. The Hall–Kier alpha value is -5.95. The maximum Gasteiger partial charge on any atom is 0.501 e. The van der Waals surface area contributed by atoms with Crippen LogP contribution in [-0.4, -0.2) is 116 Å². The Bertz CT molecular complexity index is 3260. The van der Waals surface area contributed by atoms with Crippen LogP contribution in [0.4, 0.5) is 35.9 Å². The van der Waals surface area contributed by atoms with Gasteiger partial charge in [0.15, 0.2) is 0 Å². The van der Waals surface area contributed by atoms with Gasteiger partial charge in [-0.2, -0.15) is 13.2 Å². The second-order valence-corrected chi connectivity index (χ2v) is 25.6. The van der Waals surface area contributed by atoms with Crippen molar-refractivity contribution in [2.24, 2.45) is 5.92 Å². The number of rotatable bonds is 18. The number of anilines is 4. The van der Waals surface area contributed by atoms with Crippen molar-refractivity contribution in [1.82, 2.24) is 9.47 Å². The quantitative estimate of drug-likeness (QED) is 0.0550. The van der Waals surface area contributed by atoms with E-state index in [4.69, 9.17) is 16.1 Å². The molecule has 14 nitrogen and oxygen atoms in total. The van der Waals surface area contributed by atoms with Gasteiger partial charge in [0.1, 0.15) is 4.90 Å². The lowest BCUT2D eigenvalue weighted by Gasteiger charge is -2.37. The normalized spacial score (nSPS) is 18.3. The molecule has 77 heavy (non-hydrogen) atoms. The third-order valence-corrected chi connectivity index (χ3v) is 20.1. The first kappa shape index (κ1) is 55.8. The summed E-state index contributed by atoms with van der Waals surface area (Å²) in [6.07, 6.45) is 1.37. The Morgan fingerprint density at radius 3 is 2.08 bits per heavy atom. The van der Waals surface area contributed by atoms with E-state index in [1.807, 2.05) is 99.6 Å². The molecule has 9 rings (SSSR count). The number of aromatic carboxylic acids is 1. The van der Waals surface area contributed by atoms with Crippen LogP contribution in [0.3, 0.4) is 0 Å². The van der Waals surface area contributed by atoms with Crippen molar-refractivity contribution in [2.45, 2.75) is 67.4 Å². The minimum Gasteiger partial charge on any atom is -0.481 e. The number of piperidine rings is 1. The number of aromatic nitrogens is 1. The van der Waals surface area contributed by atoms with Gasteiger partial charge in [0.25, 0.3) is 9.84 Å². The average Bonchev–Trinajstić information content (AvgIpc) is 4.01. The van der Waals surface area contributed by atoms with E-state index >= 15 is 0 Å². The highest BCUT2D eigenvalue weighted by Gasteiger charge is 2.49. The molecule has 0 bridgehead atoms. The van der Waals surface area contributed by atoms with Gasteiger partial charge in [-0.3, -0.25) is 14.0 Å². The van der Waals surface area contributed by atoms with Crippen LogP contribution in [0.5, 0.6) is 0 Å². The third-order valence-electron chi connectivity index (χ3n) is 14.6. The molecule has 0 radical (unpaired) electrons. The van der Waals surface area contributed by atoms with E-state index in [9.17, 15) is 46.0 Å². The van der Waals surface area contributed by atoms with Gasteiger partial charge in [0.05, 0.1) is 41.3 Å². The molecule has 0 amide bonds. The lowest BCUT2D eigenvalue weighted by atomic mass is 9.96. The van der Waals surface area contributed by atoms with Gasteiger partial charge in [-0.05, 0) is 143 Å². The fourth-order valence-electron chi connectivity index (χ4n) is 10.7. The van der Waals surface area contributed by atoms with Gasteiger partial charge < -0.3 is 39.3 Å². The van der Waals surface area contributed by atoms with Crippen LogP contribution in [0.1, 0.15) is 55.2 Å². The summed E-state index contributed by atoms with van der Waals surface area (Å²) in [5, 5.41) is 23.6. The summed E-state index contributed by atoms with van der Waals surface area (Å²) in [6, 6.07) is 35.0. The lowest BCUT2D eigenvalue weighted by Crippen LogP contribution is -2.46. The topological polar surface area (TPSA) is 165 Å². The molecule has 4 heterocycles. The number of nitrogens with zero attached hydrogens (tertiary/aromatic N) is 5. The number of aliphatic carboxylic acids is 1. The molecule has 2 atom stereocenters. The van der Waals surface area contributed by atoms with Crippen molar-refractivity contribution >= 4 is 80.7 Å². The molecule has 5 aromatic carbocycles. The van der Waals surface area contributed by atoms with Gasteiger partial charge >= 0.3 is 25.0 Å². The van der Waals surface area contributed by atoms with Crippen molar-refractivity contribution in [3.63, 3.8) is 0 Å². The van der Waals surface area contributed by atoms with Gasteiger partial charge in [-0.1, -0.05) is 54.1 Å². The smallest absolute Gasteiger partial charge is 0.481 e. The SMILES string of the molecule is Cc1c(C(=O)O)c(-c2cccc(N3CCN(c4ccc(N5CCO[P@]5(=O)c5ccc(N[C@H](CCN6CCC(C(=O)O)CC6)CSc6ccccc6)c(S(=O)(=O)C(F)(F)F)c5)cc4)CC3)c2)c(-c2ccc(Cl)cc2)n1C(C)C. The van der Waals surface area contributed by atoms with Gasteiger partial charge in [-0.15, -0.1) is 11.8 Å². The molecule has 3 fully saturated rings. The number of carboxylic acid groups (broad SMARTS) is 2. The van der Waals surface area contributed by atoms with Gasteiger partial charge in [0, 0.05) is 88.8 Å². The van der Waals surface area contributed by atoms with Crippen LogP contribution in [0.15, 0.2) is 131 Å². The third kappa shape index (κ3) is 11.9. The van der Waals surface area contributed by atoms with E-state index in [1.54, 1.807) is 24.3 Å². The number of halogens is 4. The summed E-state index contributed by atoms with van der Waals surface area (Å²) < 4.78 is 95.0. The minimum atomic E-state index is -5.97. The number of piperazine rings is 1. The highest BCUT2D eigenvalue weighted by atomic mass is 35.5. The monoisotopic (exact) mass is 1130 g/mol. The van der Waals surface area contributed by atoms with Crippen LogP contribution < -0.4 is 25.1 Å². The molecular weight excluding hydrogens is 1070 g/mol.